The van der Waals surface area contributed by atoms with E-state index < -0.39 is 14.6 Å². The van der Waals surface area contributed by atoms with Crippen molar-refractivity contribution in [3.05, 3.63) is 35.6 Å². The van der Waals surface area contributed by atoms with Crippen molar-refractivity contribution in [1.82, 2.24) is 10.6 Å². The number of guanidine groups is 1. The van der Waals surface area contributed by atoms with Gasteiger partial charge in [-0.1, -0.05) is 18.2 Å². The Labute approximate surface area is 165 Å². The summed E-state index contributed by atoms with van der Waals surface area (Å²) in [4.78, 5) is 4.08. The summed E-state index contributed by atoms with van der Waals surface area (Å²) in [5.74, 6) is 0.144. The topological polar surface area (TPSA) is 79.8 Å². The van der Waals surface area contributed by atoms with Gasteiger partial charge in [-0.2, -0.15) is 0 Å². The molecule has 0 saturated carbocycles. The molecule has 1 aromatic carbocycles. The van der Waals surface area contributed by atoms with Crippen molar-refractivity contribution in [2.24, 2.45) is 4.99 Å². The number of aliphatic imine (C=N–C) groups is 1. The van der Waals surface area contributed by atoms with Gasteiger partial charge in [0.05, 0.1) is 4.75 Å². The molecule has 0 spiro atoms. The molecule has 25 heavy (non-hydrogen) atoms. The maximum Gasteiger partial charge on any atom is 0.191 e. The van der Waals surface area contributed by atoms with E-state index in [0.717, 1.165) is 0 Å². The van der Waals surface area contributed by atoms with Crippen molar-refractivity contribution >= 4 is 39.8 Å². The second kappa shape index (κ2) is 9.67. The normalized spacial score (nSPS) is 17.5. The number of nitrogens with zero attached hydrogens (tertiary/aromatic N) is 1. The number of rotatable bonds is 5. The molecular formula is C16H25FIN3O3S. The summed E-state index contributed by atoms with van der Waals surface area (Å²) in [6, 6.07) is 6.48. The van der Waals surface area contributed by atoms with E-state index in [1.54, 1.807) is 25.2 Å². The molecule has 2 rings (SSSR count). The lowest BCUT2D eigenvalue weighted by atomic mass is 9.99. The summed E-state index contributed by atoms with van der Waals surface area (Å²) in [7, 11) is -1.66. The largest absolute Gasteiger partial charge is 0.381 e. The molecule has 1 aliphatic heterocycles. The van der Waals surface area contributed by atoms with Gasteiger partial charge in [-0.25, -0.2) is 12.8 Å². The van der Waals surface area contributed by atoms with E-state index in [-0.39, 0.29) is 42.9 Å². The Morgan fingerprint density at radius 2 is 1.92 bits per heavy atom. The van der Waals surface area contributed by atoms with E-state index in [1.807, 2.05) is 0 Å². The third kappa shape index (κ3) is 5.78. The average molecular weight is 485 g/mol. The Kier molecular flexibility index (Phi) is 8.55. The monoisotopic (exact) mass is 485 g/mol. The van der Waals surface area contributed by atoms with Crippen LogP contribution in [0.3, 0.4) is 0 Å². The highest BCUT2D eigenvalue weighted by atomic mass is 127. The van der Waals surface area contributed by atoms with Crippen LogP contribution in [0.5, 0.6) is 0 Å². The van der Waals surface area contributed by atoms with E-state index in [9.17, 15) is 12.8 Å². The number of halogens is 2. The molecule has 0 radical (unpaired) electrons. The zero-order valence-corrected chi connectivity index (χ0v) is 17.6. The zero-order chi connectivity index (χ0) is 17.6. The van der Waals surface area contributed by atoms with Crippen LogP contribution in [-0.2, 0) is 21.1 Å². The van der Waals surface area contributed by atoms with Gasteiger partial charge in [0.15, 0.2) is 15.8 Å². The minimum absolute atomic E-state index is 0. The molecule has 1 heterocycles. The average Bonchev–Trinajstić information content (AvgIpc) is 2.56. The Morgan fingerprint density at radius 1 is 1.28 bits per heavy atom. The molecule has 1 saturated heterocycles. The molecule has 142 valence electrons. The Bertz CT molecular complexity index is 692. The second-order valence-electron chi connectivity index (χ2n) is 5.94. The first-order valence-corrected chi connectivity index (χ1v) is 9.72. The summed E-state index contributed by atoms with van der Waals surface area (Å²) in [6.07, 6.45) is 2.15. The Morgan fingerprint density at radius 3 is 2.48 bits per heavy atom. The lowest BCUT2D eigenvalue weighted by Gasteiger charge is -2.35. The van der Waals surface area contributed by atoms with Gasteiger partial charge in [0.1, 0.15) is 5.82 Å². The van der Waals surface area contributed by atoms with Crippen molar-refractivity contribution in [2.45, 2.75) is 24.1 Å². The van der Waals surface area contributed by atoms with E-state index >= 15 is 0 Å². The maximum absolute atomic E-state index is 13.6. The van der Waals surface area contributed by atoms with E-state index in [2.05, 4.69) is 15.6 Å². The summed E-state index contributed by atoms with van der Waals surface area (Å²) in [5, 5.41) is 6.07. The highest BCUT2D eigenvalue weighted by molar-refractivity contribution is 14.0. The highest BCUT2D eigenvalue weighted by Crippen LogP contribution is 2.28. The molecule has 0 aliphatic carbocycles. The van der Waals surface area contributed by atoms with Crippen LogP contribution in [0.15, 0.2) is 29.3 Å². The predicted molar refractivity (Wildman–Crippen MR) is 108 cm³/mol. The lowest BCUT2D eigenvalue weighted by molar-refractivity contribution is 0.0756. The van der Waals surface area contributed by atoms with Crippen LogP contribution < -0.4 is 10.6 Å². The van der Waals surface area contributed by atoms with E-state index in [4.69, 9.17) is 4.74 Å². The Hall–Kier alpha value is -0.940. The molecule has 0 unspecified atom stereocenters. The number of hydrogen-bond donors (Lipinski definition) is 2. The fourth-order valence-electron chi connectivity index (χ4n) is 2.71. The first-order chi connectivity index (χ1) is 11.4. The van der Waals surface area contributed by atoms with Gasteiger partial charge in [-0.3, -0.25) is 4.99 Å². The molecule has 2 N–H and O–H groups in total. The van der Waals surface area contributed by atoms with Crippen LogP contribution in [0.2, 0.25) is 0 Å². The zero-order valence-electron chi connectivity index (χ0n) is 14.4. The van der Waals surface area contributed by atoms with Crippen LogP contribution in [0, 0.1) is 5.82 Å². The van der Waals surface area contributed by atoms with Crippen LogP contribution in [0.1, 0.15) is 18.4 Å². The van der Waals surface area contributed by atoms with Gasteiger partial charge in [-0.15, -0.1) is 24.0 Å². The summed E-state index contributed by atoms with van der Waals surface area (Å²) in [6.45, 7) is 1.36. The molecule has 0 aromatic heterocycles. The number of hydrogen-bond acceptors (Lipinski definition) is 4. The number of nitrogens with one attached hydrogen (secondary N) is 2. The molecule has 1 aromatic rings. The smallest absolute Gasteiger partial charge is 0.191 e. The predicted octanol–water partition coefficient (Wildman–Crippen LogP) is 1.70. The van der Waals surface area contributed by atoms with Crippen molar-refractivity contribution in [3.8, 4) is 0 Å². The minimum atomic E-state index is -3.25. The van der Waals surface area contributed by atoms with Crippen LogP contribution >= 0.6 is 24.0 Å². The number of benzene rings is 1. The molecule has 1 aliphatic rings. The van der Waals surface area contributed by atoms with Gasteiger partial charge in [0, 0.05) is 45.2 Å². The third-order valence-corrected chi connectivity index (χ3v) is 6.52. The van der Waals surface area contributed by atoms with E-state index in [0.29, 0.717) is 37.6 Å². The molecule has 1 fully saturated rings. The van der Waals surface area contributed by atoms with Gasteiger partial charge in [0.2, 0.25) is 0 Å². The maximum atomic E-state index is 13.6. The van der Waals surface area contributed by atoms with Crippen molar-refractivity contribution in [3.63, 3.8) is 0 Å². The fourth-order valence-corrected chi connectivity index (χ4v) is 3.95. The summed E-state index contributed by atoms with van der Waals surface area (Å²) >= 11 is 0. The number of ether oxygens (including phenoxy) is 1. The van der Waals surface area contributed by atoms with Crippen molar-refractivity contribution in [1.29, 1.82) is 0 Å². The molecule has 9 heteroatoms. The third-order valence-electron chi connectivity index (χ3n) is 4.40. The summed E-state index contributed by atoms with van der Waals surface area (Å²) < 4.78 is 42.5. The van der Waals surface area contributed by atoms with E-state index in [1.165, 1.54) is 12.3 Å². The van der Waals surface area contributed by atoms with Crippen LogP contribution in [-0.4, -0.2) is 52.2 Å². The molecular weight excluding hydrogens is 460 g/mol. The highest BCUT2D eigenvalue weighted by Gasteiger charge is 2.42. The standard InChI is InChI=1S/C16H24FN3O3S.HI/c1-18-15(19-11-13-5-3-4-6-14(13)17)20-12-16(24(2,21)22)7-9-23-10-8-16;/h3-6H,7-12H2,1-2H3,(H2,18,19,20);1H. The van der Waals surface area contributed by atoms with Gasteiger partial charge >= 0.3 is 0 Å². The minimum Gasteiger partial charge on any atom is -0.381 e. The second-order valence-corrected chi connectivity index (χ2v) is 8.35. The summed E-state index contributed by atoms with van der Waals surface area (Å²) in [5.41, 5.74) is 0.518. The lowest BCUT2D eigenvalue weighted by Crippen LogP contribution is -2.53. The SMILES string of the molecule is CN=C(NCc1ccccc1F)NCC1(S(C)(=O)=O)CCOCC1.I. The van der Waals surface area contributed by atoms with Gasteiger partial charge in [0.25, 0.3) is 0 Å². The first kappa shape index (κ1) is 22.1. The Balaban J connectivity index is 0.00000312. The quantitative estimate of drug-likeness (QED) is 0.377. The first-order valence-electron chi connectivity index (χ1n) is 7.83. The van der Waals surface area contributed by atoms with Gasteiger partial charge in [-0.05, 0) is 18.9 Å². The molecule has 6 nitrogen and oxygen atoms in total. The molecule has 0 atom stereocenters. The van der Waals surface area contributed by atoms with Gasteiger partial charge < -0.3 is 15.4 Å². The van der Waals surface area contributed by atoms with Crippen molar-refractivity contribution in [2.75, 3.05) is 33.1 Å². The molecule has 0 amide bonds. The fraction of sp³-hybridized carbons (Fsp3) is 0.562. The van der Waals surface area contributed by atoms with Crippen molar-refractivity contribution < 1.29 is 17.5 Å². The van der Waals surface area contributed by atoms with Crippen LogP contribution in [0.4, 0.5) is 4.39 Å². The number of sulfone groups is 1. The van der Waals surface area contributed by atoms with Crippen LogP contribution in [0.25, 0.3) is 0 Å². The molecule has 0 bridgehead atoms.